The highest BCUT2D eigenvalue weighted by atomic mass is 19.1. The molecule has 128 valence electrons. The van der Waals surface area contributed by atoms with Crippen LogP contribution in [0.25, 0.3) is 11.3 Å². The van der Waals surface area contributed by atoms with E-state index >= 15 is 0 Å². The van der Waals surface area contributed by atoms with Crippen LogP contribution in [-0.2, 0) is 6.54 Å². The fraction of sp³-hybridized carbons (Fsp3) is 0.125. The Morgan fingerprint density at radius 3 is 2.88 bits per heavy atom. The van der Waals surface area contributed by atoms with Gasteiger partial charge in [-0.25, -0.2) is 9.07 Å². The summed E-state index contributed by atoms with van der Waals surface area (Å²) in [5.41, 5.74) is 0.347. The van der Waals surface area contributed by atoms with Gasteiger partial charge in [0.25, 0.3) is 17.0 Å². The van der Waals surface area contributed by atoms with Gasteiger partial charge >= 0.3 is 0 Å². The third-order valence-corrected chi connectivity index (χ3v) is 3.51. The standard InChI is InChI=1S/C16H14FN5O3/c17-11-3-1-2-10(8-11)15-12(9-19-20-15)16(25)18-6-7-22-14(24)5-4-13(23)21-22/h1-5,8-9H,6-7H2,(H,18,25)(H,19,20)(H,21,23). The summed E-state index contributed by atoms with van der Waals surface area (Å²) in [6.45, 7) is 0.222. The molecule has 0 aliphatic heterocycles. The minimum atomic E-state index is -0.431. The van der Waals surface area contributed by atoms with Crippen molar-refractivity contribution in [1.29, 1.82) is 0 Å². The molecule has 3 N–H and O–H groups in total. The zero-order valence-corrected chi connectivity index (χ0v) is 13.0. The van der Waals surface area contributed by atoms with Crippen molar-refractivity contribution in [2.24, 2.45) is 0 Å². The fourth-order valence-electron chi connectivity index (χ4n) is 2.33. The molecule has 8 nitrogen and oxygen atoms in total. The molecule has 0 bridgehead atoms. The van der Waals surface area contributed by atoms with E-state index in [1.54, 1.807) is 6.07 Å². The molecule has 9 heteroatoms. The van der Waals surface area contributed by atoms with Crippen LogP contribution in [0.5, 0.6) is 0 Å². The molecule has 1 amide bonds. The maximum Gasteiger partial charge on any atom is 0.265 e. The van der Waals surface area contributed by atoms with E-state index in [1.807, 2.05) is 0 Å². The predicted octanol–water partition coefficient (Wildman–Crippen LogP) is 0.496. The van der Waals surface area contributed by atoms with Crippen LogP contribution in [-0.4, -0.2) is 32.4 Å². The Labute approximate surface area is 140 Å². The van der Waals surface area contributed by atoms with Crippen LogP contribution >= 0.6 is 0 Å². The first-order valence-electron chi connectivity index (χ1n) is 7.42. The Hall–Kier alpha value is -3.49. The highest BCUT2D eigenvalue weighted by Gasteiger charge is 2.15. The molecule has 0 aliphatic rings. The molecule has 2 heterocycles. The molecule has 0 saturated carbocycles. The van der Waals surface area contributed by atoms with Gasteiger partial charge in [-0.15, -0.1) is 0 Å². The summed E-state index contributed by atoms with van der Waals surface area (Å²) in [7, 11) is 0. The number of carbonyl (C=O) groups is 1. The van der Waals surface area contributed by atoms with E-state index in [-0.39, 0.29) is 24.2 Å². The largest absolute Gasteiger partial charge is 0.350 e. The van der Waals surface area contributed by atoms with Crippen molar-refractivity contribution in [2.45, 2.75) is 6.54 Å². The van der Waals surface area contributed by atoms with Gasteiger partial charge in [0.2, 0.25) is 0 Å². The Morgan fingerprint density at radius 1 is 1.24 bits per heavy atom. The molecule has 0 aliphatic carbocycles. The second kappa shape index (κ2) is 6.95. The van der Waals surface area contributed by atoms with Gasteiger partial charge in [-0.1, -0.05) is 12.1 Å². The molecule has 2 aromatic heterocycles. The van der Waals surface area contributed by atoms with Gasteiger partial charge in [0.1, 0.15) is 5.82 Å². The van der Waals surface area contributed by atoms with Gasteiger partial charge in [0.05, 0.1) is 24.0 Å². The van der Waals surface area contributed by atoms with Crippen molar-refractivity contribution < 1.29 is 9.18 Å². The van der Waals surface area contributed by atoms with E-state index in [2.05, 4.69) is 20.6 Å². The van der Waals surface area contributed by atoms with E-state index < -0.39 is 17.3 Å². The summed E-state index contributed by atoms with van der Waals surface area (Å²) in [6.07, 6.45) is 1.34. The molecule has 0 saturated heterocycles. The number of aromatic nitrogens is 4. The lowest BCUT2D eigenvalue weighted by molar-refractivity contribution is 0.0952. The number of benzene rings is 1. The van der Waals surface area contributed by atoms with Crippen LogP contribution in [0.1, 0.15) is 10.4 Å². The quantitative estimate of drug-likeness (QED) is 0.626. The van der Waals surface area contributed by atoms with Crippen LogP contribution in [0.4, 0.5) is 4.39 Å². The molecule has 3 aromatic rings. The van der Waals surface area contributed by atoms with Gasteiger partial charge in [0, 0.05) is 24.2 Å². The fourth-order valence-corrected chi connectivity index (χ4v) is 2.33. The summed E-state index contributed by atoms with van der Waals surface area (Å²) in [6, 6.07) is 8.07. The van der Waals surface area contributed by atoms with E-state index in [4.69, 9.17) is 0 Å². The zero-order valence-electron chi connectivity index (χ0n) is 13.0. The topological polar surface area (TPSA) is 113 Å². The summed E-state index contributed by atoms with van der Waals surface area (Å²) >= 11 is 0. The summed E-state index contributed by atoms with van der Waals surface area (Å²) in [4.78, 5) is 35.1. The van der Waals surface area contributed by atoms with Gasteiger partial charge in [-0.2, -0.15) is 5.10 Å². The lowest BCUT2D eigenvalue weighted by Crippen LogP contribution is -2.34. The van der Waals surface area contributed by atoms with Gasteiger partial charge in [-0.3, -0.25) is 24.6 Å². The molecule has 1 aromatic carbocycles. The third kappa shape index (κ3) is 3.71. The predicted molar refractivity (Wildman–Crippen MR) is 87.6 cm³/mol. The van der Waals surface area contributed by atoms with Crippen molar-refractivity contribution in [1.82, 2.24) is 25.3 Å². The lowest BCUT2D eigenvalue weighted by Gasteiger charge is -2.07. The highest BCUT2D eigenvalue weighted by molar-refractivity contribution is 5.99. The summed E-state index contributed by atoms with van der Waals surface area (Å²) in [5.74, 6) is -0.856. The van der Waals surface area contributed by atoms with Crippen molar-refractivity contribution in [2.75, 3.05) is 6.54 Å². The van der Waals surface area contributed by atoms with E-state index in [0.29, 0.717) is 11.3 Å². The number of nitrogens with zero attached hydrogens (tertiary/aromatic N) is 2. The summed E-state index contributed by atoms with van der Waals surface area (Å²) in [5, 5.41) is 11.5. The van der Waals surface area contributed by atoms with Crippen LogP contribution in [0.2, 0.25) is 0 Å². The molecule has 0 spiro atoms. The number of carbonyl (C=O) groups excluding carboxylic acids is 1. The minimum Gasteiger partial charge on any atom is -0.350 e. The van der Waals surface area contributed by atoms with Crippen LogP contribution in [0, 0.1) is 5.82 Å². The molecule has 0 radical (unpaired) electrons. The Balaban J connectivity index is 1.70. The van der Waals surface area contributed by atoms with Crippen molar-refractivity contribution in [3.05, 3.63) is 74.7 Å². The zero-order chi connectivity index (χ0) is 17.8. The molecule has 3 rings (SSSR count). The van der Waals surface area contributed by atoms with Gasteiger partial charge in [0.15, 0.2) is 0 Å². The maximum atomic E-state index is 13.4. The first kappa shape index (κ1) is 16.4. The average molecular weight is 343 g/mol. The SMILES string of the molecule is O=C(NCCn1[nH]c(=O)ccc1=O)c1cn[nH]c1-c1cccc(F)c1. The van der Waals surface area contributed by atoms with Gasteiger partial charge < -0.3 is 5.32 Å². The van der Waals surface area contributed by atoms with E-state index in [0.717, 1.165) is 16.8 Å². The number of halogens is 1. The van der Waals surface area contributed by atoms with Crippen LogP contribution < -0.4 is 16.4 Å². The Morgan fingerprint density at radius 2 is 2.08 bits per heavy atom. The van der Waals surface area contributed by atoms with Gasteiger partial charge in [-0.05, 0) is 12.1 Å². The molecule has 0 unspecified atom stereocenters. The number of hydrogen-bond donors (Lipinski definition) is 3. The van der Waals surface area contributed by atoms with E-state index in [1.165, 1.54) is 24.4 Å². The average Bonchev–Trinajstić information content (AvgIpc) is 3.08. The minimum absolute atomic E-state index is 0.105. The first-order chi connectivity index (χ1) is 12.0. The third-order valence-electron chi connectivity index (χ3n) is 3.51. The number of amides is 1. The summed E-state index contributed by atoms with van der Waals surface area (Å²) < 4.78 is 14.5. The van der Waals surface area contributed by atoms with Crippen molar-refractivity contribution in [3.63, 3.8) is 0 Å². The normalized spacial score (nSPS) is 10.6. The second-order valence-electron chi connectivity index (χ2n) is 5.22. The smallest absolute Gasteiger partial charge is 0.265 e. The van der Waals surface area contributed by atoms with Crippen LogP contribution in [0.15, 0.2) is 52.2 Å². The Bertz CT molecular complexity index is 1020. The highest BCUT2D eigenvalue weighted by Crippen LogP contribution is 2.21. The molecule has 0 fully saturated rings. The molecular formula is C16H14FN5O3. The monoisotopic (exact) mass is 343 g/mol. The number of hydrogen-bond acceptors (Lipinski definition) is 4. The van der Waals surface area contributed by atoms with Crippen LogP contribution in [0.3, 0.4) is 0 Å². The number of rotatable bonds is 5. The lowest BCUT2D eigenvalue weighted by atomic mass is 10.1. The van der Waals surface area contributed by atoms with Crippen molar-refractivity contribution in [3.8, 4) is 11.3 Å². The molecule has 25 heavy (non-hydrogen) atoms. The first-order valence-corrected chi connectivity index (χ1v) is 7.42. The number of aromatic amines is 2. The number of nitrogens with one attached hydrogen (secondary N) is 3. The second-order valence-corrected chi connectivity index (χ2v) is 5.22. The van der Waals surface area contributed by atoms with Crippen molar-refractivity contribution >= 4 is 5.91 Å². The molecule has 0 atom stereocenters. The molecular weight excluding hydrogens is 329 g/mol. The number of H-pyrrole nitrogens is 2. The maximum absolute atomic E-state index is 13.4. The van der Waals surface area contributed by atoms with E-state index in [9.17, 15) is 18.8 Å². The Kier molecular flexibility index (Phi) is 4.55.